The number of carbonyl (C=O) groups excluding carboxylic acids is 3. The number of ketones is 3. The molecule has 0 aliphatic heterocycles. The molecule has 0 aliphatic rings. The van der Waals surface area contributed by atoms with Crippen molar-refractivity contribution in [1.82, 2.24) is 0 Å². The van der Waals surface area contributed by atoms with Gasteiger partial charge in [0.2, 0.25) is 0 Å². The fraction of sp³-hybridized carbons (Fsp3) is 0.526. The highest BCUT2D eigenvalue weighted by molar-refractivity contribution is 6.07. The van der Waals surface area contributed by atoms with Gasteiger partial charge in [-0.2, -0.15) is 0 Å². The van der Waals surface area contributed by atoms with Gasteiger partial charge in [0.15, 0.2) is 5.78 Å². The SMILES string of the molecule is CC(=O)CCCCCCCCC(=O)CC(=O)c1ccccc1. The van der Waals surface area contributed by atoms with E-state index in [0.717, 1.165) is 38.5 Å². The Morgan fingerprint density at radius 2 is 1.32 bits per heavy atom. The van der Waals surface area contributed by atoms with Gasteiger partial charge in [0, 0.05) is 18.4 Å². The van der Waals surface area contributed by atoms with Crippen LogP contribution in [0.2, 0.25) is 0 Å². The van der Waals surface area contributed by atoms with Crippen LogP contribution in [0.15, 0.2) is 30.3 Å². The number of hydrogen-bond acceptors (Lipinski definition) is 3. The zero-order valence-electron chi connectivity index (χ0n) is 13.5. The van der Waals surface area contributed by atoms with Crippen LogP contribution in [-0.2, 0) is 9.59 Å². The summed E-state index contributed by atoms with van der Waals surface area (Å²) in [6, 6.07) is 8.97. The van der Waals surface area contributed by atoms with Gasteiger partial charge >= 0.3 is 0 Å². The fourth-order valence-corrected chi connectivity index (χ4v) is 2.40. The highest BCUT2D eigenvalue weighted by Gasteiger charge is 2.10. The summed E-state index contributed by atoms with van der Waals surface area (Å²) in [5.74, 6) is 0.203. The van der Waals surface area contributed by atoms with E-state index in [2.05, 4.69) is 0 Å². The Morgan fingerprint density at radius 3 is 1.91 bits per heavy atom. The molecule has 0 radical (unpaired) electrons. The second-order valence-corrected chi connectivity index (χ2v) is 5.83. The van der Waals surface area contributed by atoms with Gasteiger partial charge < -0.3 is 4.79 Å². The zero-order chi connectivity index (χ0) is 16.2. The smallest absolute Gasteiger partial charge is 0.170 e. The molecular weight excluding hydrogens is 276 g/mol. The van der Waals surface area contributed by atoms with Gasteiger partial charge in [-0.05, 0) is 19.8 Å². The Hall–Kier alpha value is -1.77. The van der Waals surface area contributed by atoms with Gasteiger partial charge in [-0.1, -0.05) is 56.0 Å². The third-order valence-electron chi connectivity index (χ3n) is 3.69. The molecular formula is C19H26O3. The van der Waals surface area contributed by atoms with Gasteiger partial charge in [0.05, 0.1) is 6.42 Å². The maximum atomic E-state index is 11.9. The van der Waals surface area contributed by atoms with Crippen molar-refractivity contribution in [3.05, 3.63) is 35.9 Å². The molecule has 0 atom stereocenters. The summed E-state index contributed by atoms with van der Waals surface area (Å²) in [5, 5.41) is 0. The molecule has 22 heavy (non-hydrogen) atoms. The van der Waals surface area contributed by atoms with E-state index in [-0.39, 0.29) is 23.8 Å². The predicted octanol–water partition coefficient (Wildman–Crippen LogP) is 4.54. The Bertz CT molecular complexity index is 477. The molecule has 0 spiro atoms. The lowest BCUT2D eigenvalue weighted by molar-refractivity contribution is -0.118. The van der Waals surface area contributed by atoms with Crippen molar-refractivity contribution in [2.75, 3.05) is 0 Å². The van der Waals surface area contributed by atoms with E-state index in [1.807, 2.05) is 18.2 Å². The van der Waals surface area contributed by atoms with E-state index in [0.29, 0.717) is 18.4 Å². The molecule has 120 valence electrons. The molecule has 3 heteroatoms. The quantitative estimate of drug-likeness (QED) is 0.323. The summed E-state index contributed by atoms with van der Waals surface area (Å²) < 4.78 is 0. The van der Waals surface area contributed by atoms with Crippen LogP contribution in [0.4, 0.5) is 0 Å². The largest absolute Gasteiger partial charge is 0.300 e. The summed E-state index contributed by atoms with van der Waals surface area (Å²) in [6.45, 7) is 1.63. The topological polar surface area (TPSA) is 51.2 Å². The number of unbranched alkanes of at least 4 members (excludes halogenated alkanes) is 5. The van der Waals surface area contributed by atoms with E-state index in [4.69, 9.17) is 0 Å². The molecule has 3 nitrogen and oxygen atoms in total. The lowest BCUT2D eigenvalue weighted by Crippen LogP contribution is -2.07. The van der Waals surface area contributed by atoms with Crippen LogP contribution < -0.4 is 0 Å². The first kappa shape index (κ1) is 18.3. The third-order valence-corrected chi connectivity index (χ3v) is 3.69. The molecule has 0 heterocycles. The molecule has 0 aromatic heterocycles. The van der Waals surface area contributed by atoms with Gasteiger partial charge in [0.25, 0.3) is 0 Å². The predicted molar refractivity (Wildman–Crippen MR) is 88.0 cm³/mol. The van der Waals surface area contributed by atoms with Crippen molar-refractivity contribution in [1.29, 1.82) is 0 Å². The molecule has 0 saturated heterocycles. The Kier molecular flexibility index (Phi) is 9.04. The third kappa shape index (κ3) is 8.50. The van der Waals surface area contributed by atoms with Crippen LogP contribution in [0.25, 0.3) is 0 Å². The molecule has 1 aromatic rings. The van der Waals surface area contributed by atoms with Crippen LogP contribution in [-0.4, -0.2) is 17.3 Å². The van der Waals surface area contributed by atoms with Crippen LogP contribution in [0.5, 0.6) is 0 Å². The van der Waals surface area contributed by atoms with E-state index >= 15 is 0 Å². The van der Waals surface area contributed by atoms with E-state index in [1.165, 1.54) is 0 Å². The lowest BCUT2D eigenvalue weighted by Gasteiger charge is -2.02. The van der Waals surface area contributed by atoms with Crippen molar-refractivity contribution < 1.29 is 14.4 Å². The van der Waals surface area contributed by atoms with Crippen molar-refractivity contribution in [3.63, 3.8) is 0 Å². The molecule has 0 N–H and O–H groups in total. The van der Waals surface area contributed by atoms with Crippen molar-refractivity contribution >= 4 is 17.3 Å². The normalized spacial score (nSPS) is 10.4. The molecule has 0 amide bonds. The first-order chi connectivity index (χ1) is 10.6. The minimum absolute atomic E-state index is 0.0165. The first-order valence-electron chi connectivity index (χ1n) is 8.19. The number of benzene rings is 1. The van der Waals surface area contributed by atoms with Gasteiger partial charge in [0.1, 0.15) is 11.6 Å². The van der Waals surface area contributed by atoms with Gasteiger partial charge in [-0.15, -0.1) is 0 Å². The fourth-order valence-electron chi connectivity index (χ4n) is 2.40. The monoisotopic (exact) mass is 302 g/mol. The Morgan fingerprint density at radius 1 is 0.773 bits per heavy atom. The maximum absolute atomic E-state index is 11.9. The second kappa shape index (κ2) is 10.9. The number of rotatable bonds is 12. The van der Waals surface area contributed by atoms with Crippen LogP contribution in [0.1, 0.15) is 75.1 Å². The average Bonchev–Trinajstić information content (AvgIpc) is 2.50. The summed E-state index contributed by atoms with van der Waals surface area (Å²) in [7, 11) is 0. The first-order valence-corrected chi connectivity index (χ1v) is 8.19. The molecule has 0 saturated carbocycles. The van der Waals surface area contributed by atoms with Crippen molar-refractivity contribution in [2.45, 2.75) is 64.7 Å². The van der Waals surface area contributed by atoms with E-state index < -0.39 is 0 Å². The molecule has 0 fully saturated rings. The van der Waals surface area contributed by atoms with E-state index in [1.54, 1.807) is 19.1 Å². The molecule has 0 aliphatic carbocycles. The summed E-state index contributed by atoms with van der Waals surface area (Å²) in [5.41, 5.74) is 0.612. The summed E-state index contributed by atoms with van der Waals surface area (Å²) >= 11 is 0. The highest BCUT2D eigenvalue weighted by Crippen LogP contribution is 2.11. The number of Topliss-reactive ketones (excluding diaryl/α,β-unsaturated/α-hetero) is 3. The maximum Gasteiger partial charge on any atom is 0.170 e. The Balaban J connectivity index is 2.04. The van der Waals surface area contributed by atoms with Crippen LogP contribution in [0.3, 0.4) is 0 Å². The molecule has 0 unspecified atom stereocenters. The zero-order valence-corrected chi connectivity index (χ0v) is 13.5. The minimum atomic E-state index is -0.0881. The lowest BCUT2D eigenvalue weighted by atomic mass is 10.0. The van der Waals surface area contributed by atoms with Gasteiger partial charge in [-0.25, -0.2) is 0 Å². The Labute approximate surface area is 133 Å². The van der Waals surface area contributed by atoms with Crippen LogP contribution in [0, 0.1) is 0 Å². The average molecular weight is 302 g/mol. The standard InChI is InChI=1S/C19H26O3/c1-16(20)11-7-4-2-3-5-10-14-18(21)15-19(22)17-12-8-6-9-13-17/h6,8-9,12-13H,2-5,7,10-11,14-15H2,1H3. The summed E-state index contributed by atoms with van der Waals surface area (Å²) in [4.78, 5) is 34.4. The molecule has 1 rings (SSSR count). The van der Waals surface area contributed by atoms with Crippen molar-refractivity contribution in [2.24, 2.45) is 0 Å². The van der Waals surface area contributed by atoms with Crippen molar-refractivity contribution in [3.8, 4) is 0 Å². The van der Waals surface area contributed by atoms with Gasteiger partial charge in [-0.3, -0.25) is 9.59 Å². The second-order valence-electron chi connectivity index (χ2n) is 5.83. The number of hydrogen-bond donors (Lipinski definition) is 0. The highest BCUT2D eigenvalue weighted by atomic mass is 16.1. The van der Waals surface area contributed by atoms with E-state index in [9.17, 15) is 14.4 Å². The molecule has 1 aromatic carbocycles. The molecule has 0 bridgehead atoms. The van der Waals surface area contributed by atoms with Crippen LogP contribution >= 0.6 is 0 Å². The minimum Gasteiger partial charge on any atom is -0.300 e. The number of carbonyl (C=O) groups is 3. The summed E-state index contributed by atoms with van der Waals surface area (Å²) in [6.07, 6.45) is 7.33.